The molecule has 0 saturated heterocycles. The number of aliphatic imine (C=N–C) groups is 1. The molecule has 0 spiro atoms. The lowest BCUT2D eigenvalue weighted by atomic mass is 10.1. The van der Waals surface area contributed by atoms with Gasteiger partial charge in [0, 0.05) is 30.5 Å². The van der Waals surface area contributed by atoms with Crippen molar-refractivity contribution in [1.29, 1.82) is 0 Å². The third-order valence-electron chi connectivity index (χ3n) is 4.21. The summed E-state index contributed by atoms with van der Waals surface area (Å²) in [5, 5.41) is 7.72. The second-order valence-electron chi connectivity index (χ2n) is 6.36. The van der Waals surface area contributed by atoms with E-state index in [1.165, 1.54) is 10.4 Å². The van der Waals surface area contributed by atoms with Crippen LogP contribution in [0.5, 0.6) is 0 Å². The molecule has 3 aromatic rings. The van der Waals surface area contributed by atoms with E-state index in [2.05, 4.69) is 51.6 Å². The Morgan fingerprint density at radius 3 is 2.56 bits per heavy atom. The minimum atomic E-state index is 0.546. The molecule has 0 aliphatic rings. The first kappa shape index (κ1) is 19.1. The number of oxazole rings is 1. The number of guanidine groups is 1. The van der Waals surface area contributed by atoms with Crippen molar-refractivity contribution in [2.24, 2.45) is 4.99 Å². The van der Waals surface area contributed by atoms with Crippen molar-refractivity contribution in [3.63, 3.8) is 0 Å². The molecule has 2 heterocycles. The van der Waals surface area contributed by atoms with Crippen molar-refractivity contribution in [3.05, 3.63) is 57.4 Å². The van der Waals surface area contributed by atoms with Crippen LogP contribution in [0.4, 0.5) is 0 Å². The van der Waals surface area contributed by atoms with E-state index in [1.54, 1.807) is 24.6 Å². The summed E-state index contributed by atoms with van der Waals surface area (Å²) in [6, 6.07) is 8.13. The summed E-state index contributed by atoms with van der Waals surface area (Å²) < 4.78 is 5.59. The zero-order valence-electron chi connectivity index (χ0n) is 16.2. The van der Waals surface area contributed by atoms with Crippen LogP contribution in [0, 0.1) is 20.8 Å². The molecule has 0 unspecified atom stereocenters. The van der Waals surface area contributed by atoms with E-state index < -0.39 is 0 Å². The van der Waals surface area contributed by atoms with E-state index in [4.69, 9.17) is 4.42 Å². The average molecular weight is 384 g/mol. The van der Waals surface area contributed by atoms with Crippen LogP contribution in [-0.2, 0) is 13.0 Å². The topological polar surface area (TPSA) is 75.3 Å². The maximum absolute atomic E-state index is 5.59. The van der Waals surface area contributed by atoms with Gasteiger partial charge in [0.2, 0.25) is 5.89 Å². The first-order valence-corrected chi connectivity index (χ1v) is 9.75. The van der Waals surface area contributed by atoms with Gasteiger partial charge in [-0.15, -0.1) is 11.3 Å². The molecule has 2 N–H and O–H groups in total. The molecule has 0 aliphatic carbocycles. The molecule has 1 aromatic carbocycles. The van der Waals surface area contributed by atoms with Crippen LogP contribution in [0.15, 0.2) is 39.9 Å². The van der Waals surface area contributed by atoms with E-state index in [0.717, 1.165) is 40.9 Å². The molecule has 0 radical (unpaired) electrons. The summed E-state index contributed by atoms with van der Waals surface area (Å²) in [4.78, 5) is 14.6. The van der Waals surface area contributed by atoms with E-state index >= 15 is 0 Å². The first-order chi connectivity index (χ1) is 13.0. The Morgan fingerprint density at radius 1 is 1.11 bits per heavy atom. The Hall–Kier alpha value is -2.67. The van der Waals surface area contributed by atoms with Crippen molar-refractivity contribution in [1.82, 2.24) is 20.6 Å². The van der Waals surface area contributed by atoms with Crippen LogP contribution >= 0.6 is 11.3 Å². The predicted molar refractivity (Wildman–Crippen MR) is 110 cm³/mol. The highest BCUT2D eigenvalue weighted by molar-refractivity contribution is 7.11. The molecule has 142 valence electrons. The summed E-state index contributed by atoms with van der Waals surface area (Å²) in [6.07, 6.45) is 2.55. The van der Waals surface area contributed by atoms with Crippen LogP contribution < -0.4 is 10.6 Å². The summed E-state index contributed by atoms with van der Waals surface area (Å²) in [6.45, 7) is 7.54. The van der Waals surface area contributed by atoms with Crippen LogP contribution in [0.2, 0.25) is 0 Å². The van der Waals surface area contributed by atoms with Gasteiger partial charge in [0.05, 0.1) is 22.9 Å². The number of hydrogen-bond donors (Lipinski definition) is 2. The first-order valence-electron chi connectivity index (χ1n) is 8.94. The highest BCUT2D eigenvalue weighted by atomic mass is 32.1. The molecule has 0 fully saturated rings. The molecule has 3 rings (SSSR count). The van der Waals surface area contributed by atoms with Gasteiger partial charge in [0.1, 0.15) is 6.26 Å². The zero-order valence-corrected chi connectivity index (χ0v) is 17.0. The van der Waals surface area contributed by atoms with Crippen molar-refractivity contribution < 1.29 is 4.42 Å². The third-order valence-corrected chi connectivity index (χ3v) is 5.35. The maximum Gasteiger partial charge on any atom is 0.226 e. The quantitative estimate of drug-likeness (QED) is 0.502. The van der Waals surface area contributed by atoms with E-state index in [0.29, 0.717) is 12.4 Å². The zero-order chi connectivity index (χ0) is 19.2. The molecule has 0 bridgehead atoms. The lowest BCUT2D eigenvalue weighted by molar-refractivity contribution is 0.572. The van der Waals surface area contributed by atoms with Gasteiger partial charge < -0.3 is 15.1 Å². The fourth-order valence-corrected chi connectivity index (χ4v) is 3.48. The molecule has 0 aliphatic heterocycles. The van der Waals surface area contributed by atoms with Crippen LogP contribution in [0.1, 0.15) is 26.8 Å². The van der Waals surface area contributed by atoms with Crippen molar-refractivity contribution in [3.8, 4) is 11.5 Å². The highest BCUT2D eigenvalue weighted by Crippen LogP contribution is 2.19. The number of hydrogen-bond acceptors (Lipinski definition) is 5. The van der Waals surface area contributed by atoms with Gasteiger partial charge in [-0.1, -0.05) is 17.7 Å². The monoisotopic (exact) mass is 383 g/mol. The molecule has 0 amide bonds. The highest BCUT2D eigenvalue weighted by Gasteiger charge is 2.08. The summed E-state index contributed by atoms with van der Waals surface area (Å²) in [5.74, 6) is 1.36. The molecular formula is C20H25N5OS. The lowest BCUT2D eigenvalue weighted by Gasteiger charge is -2.09. The van der Waals surface area contributed by atoms with Gasteiger partial charge in [0.15, 0.2) is 5.96 Å². The molecule has 0 atom stereocenters. The summed E-state index contributed by atoms with van der Waals surface area (Å²) in [7, 11) is 1.76. The second-order valence-corrected chi connectivity index (χ2v) is 7.65. The number of thiazole rings is 1. The van der Waals surface area contributed by atoms with Crippen LogP contribution in [0.3, 0.4) is 0 Å². The number of nitrogens with one attached hydrogen (secondary N) is 2. The molecule has 7 heteroatoms. The fourth-order valence-electron chi connectivity index (χ4n) is 2.55. The number of aromatic nitrogens is 2. The number of aryl methyl sites for hydroxylation is 3. The van der Waals surface area contributed by atoms with Gasteiger partial charge >= 0.3 is 0 Å². The van der Waals surface area contributed by atoms with E-state index in [9.17, 15) is 0 Å². The van der Waals surface area contributed by atoms with E-state index in [-0.39, 0.29) is 0 Å². The normalized spacial score (nSPS) is 11.6. The van der Waals surface area contributed by atoms with Gasteiger partial charge in [0.25, 0.3) is 0 Å². The third kappa shape index (κ3) is 5.17. The van der Waals surface area contributed by atoms with Gasteiger partial charge in [-0.3, -0.25) is 4.99 Å². The Morgan fingerprint density at radius 2 is 1.89 bits per heavy atom. The van der Waals surface area contributed by atoms with Gasteiger partial charge in [-0.2, -0.15) is 0 Å². The Balaban J connectivity index is 1.48. The maximum atomic E-state index is 5.59. The summed E-state index contributed by atoms with van der Waals surface area (Å²) in [5.41, 5.74) is 4.14. The standard InChI is InChI=1S/C20H25N5OS/c1-13-5-7-16(8-6-13)19-25-17(12-26-19)11-23-20(21-4)22-10-9-18-24-14(2)15(3)27-18/h5-8,12H,9-11H2,1-4H3,(H2,21,22,23). The number of benzene rings is 1. The van der Waals surface area contributed by atoms with Crippen molar-refractivity contribution in [2.75, 3.05) is 13.6 Å². The number of rotatable bonds is 6. The average Bonchev–Trinajstić information content (AvgIpc) is 3.25. The summed E-state index contributed by atoms with van der Waals surface area (Å²) >= 11 is 1.75. The smallest absolute Gasteiger partial charge is 0.226 e. The molecule has 2 aromatic heterocycles. The number of nitrogens with zero attached hydrogens (tertiary/aromatic N) is 3. The minimum absolute atomic E-state index is 0.546. The molecule has 27 heavy (non-hydrogen) atoms. The van der Waals surface area contributed by atoms with Crippen molar-refractivity contribution >= 4 is 17.3 Å². The molecule has 6 nitrogen and oxygen atoms in total. The fraction of sp³-hybridized carbons (Fsp3) is 0.350. The minimum Gasteiger partial charge on any atom is -0.444 e. The largest absolute Gasteiger partial charge is 0.444 e. The van der Waals surface area contributed by atoms with Crippen molar-refractivity contribution in [2.45, 2.75) is 33.7 Å². The van der Waals surface area contributed by atoms with Crippen LogP contribution in [0.25, 0.3) is 11.5 Å². The molecular weight excluding hydrogens is 358 g/mol. The Bertz CT molecular complexity index is 891. The lowest BCUT2D eigenvalue weighted by Crippen LogP contribution is -2.37. The van der Waals surface area contributed by atoms with E-state index in [1.807, 2.05) is 19.1 Å². The predicted octanol–water partition coefficient (Wildman–Crippen LogP) is 3.63. The van der Waals surface area contributed by atoms with Crippen LogP contribution in [-0.4, -0.2) is 29.5 Å². The SMILES string of the molecule is CN=C(NCCc1nc(C)c(C)s1)NCc1coc(-c2ccc(C)cc2)n1. The Kier molecular flexibility index (Phi) is 6.24. The van der Waals surface area contributed by atoms with Gasteiger partial charge in [-0.25, -0.2) is 9.97 Å². The second kappa shape index (κ2) is 8.81. The Labute approximate surface area is 163 Å². The van der Waals surface area contributed by atoms with Gasteiger partial charge in [-0.05, 0) is 32.9 Å². The molecule has 0 saturated carbocycles.